The summed E-state index contributed by atoms with van der Waals surface area (Å²) >= 11 is 0. The van der Waals surface area contributed by atoms with Gasteiger partial charge in [-0.3, -0.25) is 9.59 Å². The number of hydrogen-bond acceptors (Lipinski definition) is 3. The third-order valence-corrected chi connectivity index (χ3v) is 4.22. The van der Waals surface area contributed by atoms with Gasteiger partial charge in [-0.15, -0.1) is 0 Å². The monoisotopic (exact) mass is 297 g/mol. The predicted octanol–water partition coefficient (Wildman–Crippen LogP) is 1.43. The Morgan fingerprint density at radius 1 is 1.05 bits per heavy atom. The maximum absolute atomic E-state index is 11.8. The highest BCUT2D eigenvalue weighted by Crippen LogP contribution is 2.37. The molecule has 0 saturated heterocycles. The van der Waals surface area contributed by atoms with Crippen LogP contribution in [0.2, 0.25) is 0 Å². The third-order valence-electron chi connectivity index (χ3n) is 4.22. The summed E-state index contributed by atoms with van der Waals surface area (Å²) in [7, 11) is 0. The van der Waals surface area contributed by atoms with Gasteiger partial charge in [-0.25, -0.2) is 0 Å². The summed E-state index contributed by atoms with van der Waals surface area (Å²) in [6.45, 7) is 9.64. The van der Waals surface area contributed by atoms with Crippen LogP contribution < -0.4 is 16.0 Å². The van der Waals surface area contributed by atoms with Crippen molar-refractivity contribution in [3.05, 3.63) is 0 Å². The lowest BCUT2D eigenvalue weighted by atomic mass is 9.69. The molecule has 1 aliphatic carbocycles. The zero-order chi connectivity index (χ0) is 15.9. The molecule has 1 aliphatic rings. The fourth-order valence-corrected chi connectivity index (χ4v) is 3.14. The predicted molar refractivity (Wildman–Crippen MR) is 84.9 cm³/mol. The number of nitrogens with one attached hydrogen (secondary N) is 3. The Labute approximate surface area is 128 Å². The lowest BCUT2D eigenvalue weighted by Crippen LogP contribution is -2.48. The lowest BCUT2D eigenvalue weighted by Gasteiger charge is -2.40. The first kappa shape index (κ1) is 18.0. The van der Waals surface area contributed by atoms with E-state index in [0.29, 0.717) is 31.6 Å². The van der Waals surface area contributed by atoms with Crippen molar-refractivity contribution in [2.24, 2.45) is 11.3 Å². The molecule has 0 heterocycles. The molecule has 5 heteroatoms. The zero-order valence-electron chi connectivity index (χ0n) is 13.9. The first-order valence-electron chi connectivity index (χ1n) is 8.05. The number of carbonyl (C=O) groups excluding carboxylic acids is 2. The second-order valence-corrected chi connectivity index (χ2v) is 7.08. The molecular formula is C16H31N3O2. The van der Waals surface area contributed by atoms with Gasteiger partial charge < -0.3 is 16.0 Å². The minimum atomic E-state index is -0.0717. The molecule has 21 heavy (non-hydrogen) atoms. The number of rotatable bonds is 6. The Hall–Kier alpha value is -1.10. The maximum atomic E-state index is 11.8. The molecular weight excluding hydrogens is 266 g/mol. The van der Waals surface area contributed by atoms with E-state index in [4.69, 9.17) is 0 Å². The first-order chi connectivity index (χ1) is 9.80. The standard InChI is InChI=1S/C16H31N3O2/c1-12(20)17-9-10-18-15(21)11-19-14-8-6-5-7-13(14)16(2,3)4/h13-14,19H,5-11H2,1-4H3,(H,17,20)(H,18,21)/t13-,14-/m1/s1. The average Bonchev–Trinajstić information content (AvgIpc) is 2.40. The molecule has 3 N–H and O–H groups in total. The first-order valence-corrected chi connectivity index (χ1v) is 8.05. The van der Waals surface area contributed by atoms with Gasteiger partial charge in [-0.05, 0) is 24.2 Å². The summed E-state index contributed by atoms with van der Waals surface area (Å²) < 4.78 is 0. The highest BCUT2D eigenvalue weighted by atomic mass is 16.2. The van der Waals surface area contributed by atoms with Gasteiger partial charge in [0.25, 0.3) is 0 Å². The largest absolute Gasteiger partial charge is 0.355 e. The fraction of sp³-hybridized carbons (Fsp3) is 0.875. The molecule has 2 amide bonds. The van der Waals surface area contributed by atoms with E-state index in [1.165, 1.54) is 26.2 Å². The van der Waals surface area contributed by atoms with Crippen molar-refractivity contribution in [1.29, 1.82) is 0 Å². The fourth-order valence-electron chi connectivity index (χ4n) is 3.14. The van der Waals surface area contributed by atoms with Gasteiger partial charge >= 0.3 is 0 Å². The van der Waals surface area contributed by atoms with Crippen LogP contribution in [0.5, 0.6) is 0 Å². The molecule has 0 spiro atoms. The normalized spacial score (nSPS) is 22.7. The van der Waals surface area contributed by atoms with E-state index in [9.17, 15) is 9.59 Å². The van der Waals surface area contributed by atoms with Crippen molar-refractivity contribution in [2.75, 3.05) is 19.6 Å². The van der Waals surface area contributed by atoms with Crippen LogP contribution in [0.4, 0.5) is 0 Å². The summed E-state index contributed by atoms with van der Waals surface area (Å²) in [5.74, 6) is 0.551. The minimum absolute atomic E-state index is 0.00131. The summed E-state index contributed by atoms with van der Waals surface area (Å²) in [5.41, 5.74) is 0.278. The molecule has 1 fully saturated rings. The Bertz CT molecular complexity index is 350. The van der Waals surface area contributed by atoms with Gasteiger partial charge in [0.05, 0.1) is 6.54 Å². The van der Waals surface area contributed by atoms with Crippen LogP contribution in [0.15, 0.2) is 0 Å². The summed E-state index contributed by atoms with van der Waals surface area (Å²) in [4.78, 5) is 22.5. The Kier molecular flexibility index (Phi) is 7.15. The Morgan fingerprint density at radius 3 is 2.29 bits per heavy atom. The van der Waals surface area contributed by atoms with E-state index < -0.39 is 0 Å². The van der Waals surface area contributed by atoms with Gasteiger partial charge in [0, 0.05) is 26.1 Å². The van der Waals surface area contributed by atoms with Crippen LogP contribution in [-0.4, -0.2) is 37.5 Å². The molecule has 0 aromatic carbocycles. The van der Waals surface area contributed by atoms with Crippen molar-refractivity contribution >= 4 is 11.8 Å². The molecule has 1 saturated carbocycles. The maximum Gasteiger partial charge on any atom is 0.234 e. The molecule has 2 atom stereocenters. The third kappa shape index (κ3) is 6.93. The number of hydrogen-bond donors (Lipinski definition) is 3. The number of carbonyl (C=O) groups is 2. The van der Waals surface area contributed by atoms with Crippen LogP contribution in [-0.2, 0) is 9.59 Å². The van der Waals surface area contributed by atoms with Crippen molar-refractivity contribution < 1.29 is 9.59 Å². The smallest absolute Gasteiger partial charge is 0.234 e. The molecule has 5 nitrogen and oxygen atoms in total. The van der Waals surface area contributed by atoms with E-state index in [2.05, 4.69) is 36.7 Å². The molecule has 0 aromatic heterocycles. The molecule has 122 valence electrons. The molecule has 0 aliphatic heterocycles. The summed E-state index contributed by atoms with van der Waals surface area (Å²) in [6.07, 6.45) is 4.93. The van der Waals surface area contributed by atoms with Gasteiger partial charge in [-0.2, -0.15) is 0 Å². The lowest BCUT2D eigenvalue weighted by molar-refractivity contribution is -0.121. The van der Waals surface area contributed by atoms with Crippen LogP contribution >= 0.6 is 0 Å². The Balaban J connectivity index is 2.28. The van der Waals surface area contributed by atoms with Crippen molar-refractivity contribution in [3.8, 4) is 0 Å². The van der Waals surface area contributed by atoms with Crippen molar-refractivity contribution in [2.45, 2.75) is 59.4 Å². The second kappa shape index (κ2) is 8.37. The van der Waals surface area contributed by atoms with Crippen molar-refractivity contribution in [3.63, 3.8) is 0 Å². The minimum Gasteiger partial charge on any atom is -0.355 e. The van der Waals surface area contributed by atoms with Gasteiger partial charge in [-0.1, -0.05) is 33.6 Å². The van der Waals surface area contributed by atoms with Crippen LogP contribution in [0.25, 0.3) is 0 Å². The highest BCUT2D eigenvalue weighted by molar-refractivity contribution is 5.78. The Morgan fingerprint density at radius 2 is 1.67 bits per heavy atom. The molecule has 0 unspecified atom stereocenters. The van der Waals surface area contributed by atoms with Crippen molar-refractivity contribution in [1.82, 2.24) is 16.0 Å². The topological polar surface area (TPSA) is 70.2 Å². The van der Waals surface area contributed by atoms with E-state index in [-0.39, 0.29) is 17.2 Å². The molecule has 0 aromatic rings. The van der Waals surface area contributed by atoms with Crippen LogP contribution in [0, 0.1) is 11.3 Å². The van der Waals surface area contributed by atoms with Gasteiger partial charge in [0.1, 0.15) is 0 Å². The van der Waals surface area contributed by atoms with E-state index in [0.717, 1.165) is 6.42 Å². The quantitative estimate of drug-likeness (QED) is 0.650. The van der Waals surface area contributed by atoms with E-state index >= 15 is 0 Å². The highest BCUT2D eigenvalue weighted by Gasteiger charge is 2.33. The SMILES string of the molecule is CC(=O)NCCNC(=O)CN[C@@H]1CCCC[C@H]1C(C)(C)C. The molecule has 0 bridgehead atoms. The second-order valence-electron chi connectivity index (χ2n) is 7.08. The van der Waals surface area contributed by atoms with Crippen LogP contribution in [0.1, 0.15) is 53.4 Å². The summed E-state index contributed by atoms with van der Waals surface area (Å²) in [5, 5.41) is 8.90. The zero-order valence-corrected chi connectivity index (χ0v) is 13.9. The average molecular weight is 297 g/mol. The van der Waals surface area contributed by atoms with E-state index in [1.54, 1.807) is 0 Å². The molecule has 1 rings (SSSR count). The molecule has 0 radical (unpaired) electrons. The van der Waals surface area contributed by atoms with Gasteiger partial charge in [0.15, 0.2) is 0 Å². The van der Waals surface area contributed by atoms with Gasteiger partial charge in [0.2, 0.25) is 11.8 Å². The summed E-state index contributed by atoms with van der Waals surface area (Å²) in [6, 6.07) is 0.430. The van der Waals surface area contributed by atoms with E-state index in [1.807, 2.05) is 0 Å². The van der Waals surface area contributed by atoms with Crippen LogP contribution in [0.3, 0.4) is 0 Å². The number of amides is 2.